The van der Waals surface area contributed by atoms with Crippen molar-refractivity contribution in [2.75, 3.05) is 26.2 Å². The SMILES string of the molecule is CCC(=O)CCCCCC(=O)N1CCN(C(=O)CCc2c[nH]c3ccccc23)CC1. The van der Waals surface area contributed by atoms with Crippen LogP contribution in [0.25, 0.3) is 10.9 Å². The molecule has 6 heteroatoms. The van der Waals surface area contributed by atoms with Crippen LogP contribution in [-0.2, 0) is 20.8 Å². The molecule has 2 amide bonds. The van der Waals surface area contributed by atoms with Gasteiger partial charge in [-0.25, -0.2) is 0 Å². The summed E-state index contributed by atoms with van der Waals surface area (Å²) in [5.41, 5.74) is 2.28. The van der Waals surface area contributed by atoms with Gasteiger partial charge in [0.05, 0.1) is 0 Å². The summed E-state index contributed by atoms with van der Waals surface area (Å²) in [5.74, 6) is 0.627. The molecular formula is C24H33N3O3. The highest BCUT2D eigenvalue weighted by molar-refractivity contribution is 5.84. The predicted octanol–water partition coefficient (Wildman–Crippen LogP) is 3.70. The quantitative estimate of drug-likeness (QED) is 0.606. The van der Waals surface area contributed by atoms with Crippen molar-refractivity contribution in [1.29, 1.82) is 0 Å². The maximum Gasteiger partial charge on any atom is 0.223 e. The zero-order valence-corrected chi connectivity index (χ0v) is 18.0. The maximum atomic E-state index is 12.6. The number of para-hydroxylation sites is 1. The molecule has 0 bridgehead atoms. The number of carbonyl (C=O) groups excluding carboxylic acids is 3. The molecule has 1 aliphatic heterocycles. The van der Waals surface area contributed by atoms with Crippen molar-refractivity contribution in [3.63, 3.8) is 0 Å². The molecule has 6 nitrogen and oxygen atoms in total. The van der Waals surface area contributed by atoms with Gasteiger partial charge in [-0.15, -0.1) is 0 Å². The fourth-order valence-electron chi connectivity index (χ4n) is 4.05. The summed E-state index contributed by atoms with van der Waals surface area (Å²) in [6.07, 6.45) is 7.60. The van der Waals surface area contributed by atoms with Crippen LogP contribution in [0.5, 0.6) is 0 Å². The summed E-state index contributed by atoms with van der Waals surface area (Å²) in [6.45, 7) is 4.35. The minimum atomic E-state index is 0.160. The Morgan fingerprint density at radius 3 is 2.20 bits per heavy atom. The van der Waals surface area contributed by atoms with Crippen LogP contribution in [0, 0.1) is 0 Å². The second kappa shape index (κ2) is 11.0. The molecule has 1 N–H and O–H groups in total. The number of ketones is 1. The smallest absolute Gasteiger partial charge is 0.223 e. The average Bonchev–Trinajstić information content (AvgIpc) is 3.20. The number of nitrogens with zero attached hydrogens (tertiary/aromatic N) is 2. The summed E-state index contributed by atoms with van der Waals surface area (Å²) in [6, 6.07) is 8.14. The molecule has 0 aliphatic carbocycles. The first-order valence-electron chi connectivity index (χ1n) is 11.2. The summed E-state index contributed by atoms with van der Waals surface area (Å²) in [4.78, 5) is 43.3. The number of piperazine rings is 1. The van der Waals surface area contributed by atoms with E-state index in [-0.39, 0.29) is 11.8 Å². The van der Waals surface area contributed by atoms with Crippen LogP contribution in [-0.4, -0.2) is 58.6 Å². The molecule has 1 aliphatic rings. The lowest BCUT2D eigenvalue weighted by molar-refractivity contribution is -0.139. The highest BCUT2D eigenvalue weighted by Gasteiger charge is 2.23. The first-order valence-corrected chi connectivity index (χ1v) is 11.2. The highest BCUT2D eigenvalue weighted by Crippen LogP contribution is 2.19. The highest BCUT2D eigenvalue weighted by atomic mass is 16.2. The third-order valence-electron chi connectivity index (χ3n) is 6.01. The van der Waals surface area contributed by atoms with Crippen LogP contribution in [0.4, 0.5) is 0 Å². The van der Waals surface area contributed by atoms with Crippen molar-refractivity contribution in [2.45, 2.75) is 58.3 Å². The first-order chi connectivity index (χ1) is 14.6. The summed E-state index contributed by atoms with van der Waals surface area (Å²) in [7, 11) is 0. The van der Waals surface area contributed by atoms with Crippen LogP contribution in [0.2, 0.25) is 0 Å². The van der Waals surface area contributed by atoms with E-state index in [1.807, 2.05) is 41.1 Å². The maximum absolute atomic E-state index is 12.6. The number of nitrogens with one attached hydrogen (secondary N) is 1. The van der Waals surface area contributed by atoms with E-state index in [4.69, 9.17) is 0 Å². The number of rotatable bonds is 10. The summed E-state index contributed by atoms with van der Waals surface area (Å²) >= 11 is 0. The number of benzene rings is 1. The third-order valence-corrected chi connectivity index (χ3v) is 6.01. The third kappa shape index (κ3) is 5.94. The van der Waals surface area contributed by atoms with E-state index in [0.717, 1.165) is 31.2 Å². The molecule has 0 saturated carbocycles. The molecule has 0 atom stereocenters. The lowest BCUT2D eigenvalue weighted by Crippen LogP contribution is -2.50. The number of fused-ring (bicyclic) bond motifs is 1. The van der Waals surface area contributed by atoms with E-state index in [1.54, 1.807) is 0 Å². The van der Waals surface area contributed by atoms with Crippen LogP contribution in [0.15, 0.2) is 30.5 Å². The van der Waals surface area contributed by atoms with Gasteiger partial charge in [0.15, 0.2) is 0 Å². The van der Waals surface area contributed by atoms with Gasteiger partial charge in [-0.2, -0.15) is 0 Å². The molecule has 1 aromatic heterocycles. The van der Waals surface area contributed by atoms with Crippen LogP contribution < -0.4 is 0 Å². The topological polar surface area (TPSA) is 73.5 Å². The Hall–Kier alpha value is -2.63. The Kier molecular flexibility index (Phi) is 8.05. The zero-order chi connectivity index (χ0) is 21.3. The number of carbonyl (C=O) groups is 3. The molecule has 0 radical (unpaired) electrons. The summed E-state index contributed by atoms with van der Waals surface area (Å²) in [5, 5.41) is 1.18. The van der Waals surface area contributed by atoms with Gasteiger partial charge in [-0.1, -0.05) is 31.5 Å². The van der Waals surface area contributed by atoms with E-state index >= 15 is 0 Å². The van der Waals surface area contributed by atoms with Gasteiger partial charge >= 0.3 is 0 Å². The Morgan fingerprint density at radius 1 is 0.867 bits per heavy atom. The van der Waals surface area contributed by atoms with Gasteiger partial charge in [-0.05, 0) is 30.9 Å². The number of aryl methyl sites for hydroxylation is 1. The van der Waals surface area contributed by atoms with E-state index < -0.39 is 0 Å². The minimum absolute atomic E-state index is 0.160. The molecule has 3 rings (SSSR count). The van der Waals surface area contributed by atoms with Gasteiger partial charge in [0.2, 0.25) is 11.8 Å². The van der Waals surface area contributed by atoms with Crippen LogP contribution in [0.3, 0.4) is 0 Å². The molecule has 0 unspecified atom stereocenters. The number of Topliss-reactive ketones (excluding diaryl/α,β-unsaturated/α-hetero) is 1. The molecule has 2 heterocycles. The Bertz CT molecular complexity index is 865. The molecule has 1 saturated heterocycles. The van der Waals surface area contributed by atoms with Gasteiger partial charge in [0, 0.05) is 69.0 Å². The fraction of sp³-hybridized carbons (Fsp3) is 0.542. The number of unbranched alkanes of at least 4 members (excludes halogenated alkanes) is 2. The van der Waals surface area contributed by atoms with Crippen molar-refractivity contribution in [3.05, 3.63) is 36.0 Å². The molecule has 0 spiro atoms. The lowest BCUT2D eigenvalue weighted by Gasteiger charge is -2.35. The van der Waals surface area contributed by atoms with Crippen molar-refractivity contribution < 1.29 is 14.4 Å². The normalized spacial score (nSPS) is 14.3. The van der Waals surface area contributed by atoms with Crippen molar-refractivity contribution in [1.82, 2.24) is 14.8 Å². The van der Waals surface area contributed by atoms with E-state index in [2.05, 4.69) is 11.1 Å². The van der Waals surface area contributed by atoms with Crippen molar-refractivity contribution >= 4 is 28.5 Å². The minimum Gasteiger partial charge on any atom is -0.361 e. The van der Waals surface area contributed by atoms with E-state index in [1.165, 1.54) is 10.9 Å². The fourth-order valence-corrected chi connectivity index (χ4v) is 4.05. The number of H-pyrrole nitrogens is 1. The van der Waals surface area contributed by atoms with Crippen molar-refractivity contribution in [3.8, 4) is 0 Å². The Labute approximate surface area is 178 Å². The van der Waals surface area contributed by atoms with Crippen molar-refractivity contribution in [2.24, 2.45) is 0 Å². The molecule has 2 aromatic rings. The Balaban J connectivity index is 1.35. The Morgan fingerprint density at radius 2 is 1.50 bits per heavy atom. The average molecular weight is 412 g/mol. The number of amides is 2. The van der Waals surface area contributed by atoms with E-state index in [0.29, 0.717) is 57.6 Å². The predicted molar refractivity (Wildman–Crippen MR) is 118 cm³/mol. The molecule has 1 fully saturated rings. The summed E-state index contributed by atoms with van der Waals surface area (Å²) < 4.78 is 0. The second-order valence-corrected chi connectivity index (χ2v) is 8.07. The van der Waals surface area contributed by atoms with Gasteiger partial charge < -0.3 is 14.8 Å². The number of aromatic amines is 1. The largest absolute Gasteiger partial charge is 0.361 e. The number of hydrogen-bond donors (Lipinski definition) is 1. The number of hydrogen-bond acceptors (Lipinski definition) is 3. The van der Waals surface area contributed by atoms with Gasteiger partial charge in [-0.3, -0.25) is 14.4 Å². The first kappa shape index (κ1) is 22.1. The number of aromatic nitrogens is 1. The zero-order valence-electron chi connectivity index (χ0n) is 18.0. The van der Waals surface area contributed by atoms with Gasteiger partial charge in [0.25, 0.3) is 0 Å². The standard InChI is InChI=1S/C24H33N3O3/c1-2-20(28)8-4-3-5-11-23(29)26-14-16-27(17-15-26)24(30)13-12-19-18-25-22-10-7-6-9-21(19)22/h6-7,9-10,18,25H,2-5,8,11-17H2,1H3. The van der Waals surface area contributed by atoms with Gasteiger partial charge in [0.1, 0.15) is 5.78 Å². The molecule has 30 heavy (non-hydrogen) atoms. The van der Waals surface area contributed by atoms with E-state index in [9.17, 15) is 14.4 Å². The monoisotopic (exact) mass is 411 g/mol. The molecule has 162 valence electrons. The molecule has 1 aromatic carbocycles. The van der Waals surface area contributed by atoms with Crippen LogP contribution in [0.1, 0.15) is 57.4 Å². The lowest BCUT2D eigenvalue weighted by atomic mass is 10.1. The van der Waals surface area contributed by atoms with Crippen LogP contribution >= 0.6 is 0 Å². The second-order valence-electron chi connectivity index (χ2n) is 8.07. The molecular weight excluding hydrogens is 378 g/mol.